The number of carbonyl (C=O) groups excluding carboxylic acids is 1. The number of nitrogens with one attached hydrogen (secondary N) is 2. The summed E-state index contributed by atoms with van der Waals surface area (Å²) in [5.74, 6) is 0.169. The second-order valence-corrected chi connectivity index (χ2v) is 3.93. The predicted octanol–water partition coefficient (Wildman–Crippen LogP) is 0.120. The highest BCUT2D eigenvalue weighted by Crippen LogP contribution is 2.09. The minimum absolute atomic E-state index is 0.0120. The molecule has 0 aliphatic carbocycles. The van der Waals surface area contributed by atoms with Crippen LogP contribution in [0.2, 0.25) is 0 Å². The molecule has 0 spiro atoms. The molecular weight excluding hydrogens is 192 g/mol. The molecule has 1 amide bonds. The highest BCUT2D eigenvalue weighted by Gasteiger charge is 2.24. The van der Waals surface area contributed by atoms with Crippen LogP contribution >= 0.6 is 0 Å². The van der Waals surface area contributed by atoms with Crippen LogP contribution in [0.4, 0.5) is 0 Å². The molecular formula is C10H16N4O. The molecule has 5 heteroatoms. The lowest BCUT2D eigenvalue weighted by molar-refractivity contribution is -0.132. The fourth-order valence-electron chi connectivity index (χ4n) is 1.87. The first-order chi connectivity index (χ1) is 7.27. The van der Waals surface area contributed by atoms with Gasteiger partial charge in [-0.25, -0.2) is 0 Å². The van der Waals surface area contributed by atoms with Crippen molar-refractivity contribution in [3.63, 3.8) is 0 Å². The Morgan fingerprint density at radius 2 is 2.60 bits per heavy atom. The monoisotopic (exact) mass is 208 g/mol. The molecule has 5 nitrogen and oxygen atoms in total. The van der Waals surface area contributed by atoms with Gasteiger partial charge >= 0.3 is 0 Å². The Morgan fingerprint density at radius 1 is 1.73 bits per heavy atom. The van der Waals surface area contributed by atoms with Crippen LogP contribution in [0.3, 0.4) is 0 Å². The molecule has 0 bridgehead atoms. The molecule has 1 aliphatic heterocycles. The van der Waals surface area contributed by atoms with Gasteiger partial charge in [-0.1, -0.05) is 0 Å². The molecule has 2 heterocycles. The quantitative estimate of drug-likeness (QED) is 0.741. The zero-order valence-electron chi connectivity index (χ0n) is 8.86. The Hall–Kier alpha value is -1.36. The van der Waals surface area contributed by atoms with Gasteiger partial charge in [0, 0.05) is 13.2 Å². The predicted molar refractivity (Wildman–Crippen MR) is 56.1 cm³/mol. The first kappa shape index (κ1) is 10.2. The Labute approximate surface area is 88.8 Å². The third-order valence-corrected chi connectivity index (χ3v) is 2.70. The SMILES string of the molecule is CN(Cc1ccn[nH]1)C(=O)C1CCCN1. The molecule has 1 fully saturated rings. The van der Waals surface area contributed by atoms with Gasteiger partial charge < -0.3 is 10.2 Å². The van der Waals surface area contributed by atoms with E-state index in [1.165, 1.54) is 0 Å². The summed E-state index contributed by atoms with van der Waals surface area (Å²) in [6.45, 7) is 1.55. The van der Waals surface area contributed by atoms with Crippen molar-refractivity contribution in [1.82, 2.24) is 20.4 Å². The van der Waals surface area contributed by atoms with Crippen LogP contribution in [0, 0.1) is 0 Å². The summed E-state index contributed by atoms with van der Waals surface area (Å²) >= 11 is 0. The average molecular weight is 208 g/mol. The maximum atomic E-state index is 11.9. The summed E-state index contributed by atoms with van der Waals surface area (Å²) in [6.07, 6.45) is 3.74. The molecule has 82 valence electrons. The van der Waals surface area contributed by atoms with E-state index in [1.807, 2.05) is 13.1 Å². The van der Waals surface area contributed by atoms with Gasteiger partial charge in [-0.3, -0.25) is 9.89 Å². The number of carbonyl (C=O) groups is 1. The van der Waals surface area contributed by atoms with Crippen molar-refractivity contribution in [2.75, 3.05) is 13.6 Å². The van der Waals surface area contributed by atoms with Crippen molar-refractivity contribution < 1.29 is 4.79 Å². The minimum atomic E-state index is 0.0120. The van der Waals surface area contributed by atoms with Crippen LogP contribution < -0.4 is 5.32 Å². The van der Waals surface area contributed by atoms with Crippen LogP contribution in [-0.4, -0.2) is 40.6 Å². The van der Waals surface area contributed by atoms with E-state index in [2.05, 4.69) is 15.5 Å². The standard InChI is InChI=1S/C10H16N4O/c1-14(7-8-4-6-12-13-8)10(15)9-3-2-5-11-9/h4,6,9,11H,2-3,5,7H2,1H3,(H,12,13). The van der Waals surface area contributed by atoms with Crippen LogP contribution in [0.15, 0.2) is 12.3 Å². The Morgan fingerprint density at radius 3 is 3.20 bits per heavy atom. The number of H-pyrrole nitrogens is 1. The summed E-state index contributed by atoms with van der Waals surface area (Å²) < 4.78 is 0. The van der Waals surface area contributed by atoms with Crippen molar-refractivity contribution in [2.45, 2.75) is 25.4 Å². The highest BCUT2D eigenvalue weighted by molar-refractivity contribution is 5.81. The minimum Gasteiger partial charge on any atom is -0.339 e. The number of amides is 1. The Kier molecular flexibility index (Phi) is 3.01. The van der Waals surface area contributed by atoms with E-state index in [1.54, 1.807) is 11.1 Å². The Balaban J connectivity index is 1.89. The largest absolute Gasteiger partial charge is 0.339 e. The number of aromatic nitrogens is 2. The first-order valence-electron chi connectivity index (χ1n) is 5.24. The van der Waals surface area contributed by atoms with Crippen molar-refractivity contribution in [1.29, 1.82) is 0 Å². The maximum absolute atomic E-state index is 11.9. The van der Waals surface area contributed by atoms with Crippen LogP contribution in [-0.2, 0) is 11.3 Å². The van der Waals surface area contributed by atoms with Gasteiger partial charge in [-0.15, -0.1) is 0 Å². The summed E-state index contributed by atoms with van der Waals surface area (Å²) in [5.41, 5.74) is 0.962. The van der Waals surface area contributed by atoms with Crippen LogP contribution in [0.5, 0.6) is 0 Å². The lowest BCUT2D eigenvalue weighted by Crippen LogP contribution is -2.41. The summed E-state index contributed by atoms with van der Waals surface area (Å²) in [4.78, 5) is 13.6. The number of likely N-dealkylation sites (N-methyl/N-ethyl adjacent to an activating group) is 1. The second kappa shape index (κ2) is 4.44. The Bertz CT molecular complexity index is 316. The van der Waals surface area contributed by atoms with Crippen molar-refractivity contribution >= 4 is 5.91 Å². The molecule has 1 aromatic heterocycles. The van der Waals surface area contributed by atoms with E-state index in [0.29, 0.717) is 6.54 Å². The fourth-order valence-corrected chi connectivity index (χ4v) is 1.87. The maximum Gasteiger partial charge on any atom is 0.239 e. The summed E-state index contributed by atoms with van der Waals surface area (Å²) in [7, 11) is 1.82. The van der Waals surface area contributed by atoms with Crippen molar-refractivity contribution in [2.24, 2.45) is 0 Å². The molecule has 1 aliphatic rings. The lowest BCUT2D eigenvalue weighted by atomic mass is 10.2. The molecule has 0 aromatic carbocycles. The number of hydrogen-bond donors (Lipinski definition) is 2. The van der Waals surface area contributed by atoms with Crippen LogP contribution in [0.25, 0.3) is 0 Å². The molecule has 0 saturated carbocycles. The first-order valence-corrected chi connectivity index (χ1v) is 5.24. The van der Waals surface area contributed by atoms with E-state index in [0.717, 1.165) is 25.1 Å². The molecule has 1 aromatic rings. The molecule has 2 rings (SSSR count). The van der Waals surface area contributed by atoms with Gasteiger partial charge in [0.2, 0.25) is 5.91 Å². The van der Waals surface area contributed by atoms with E-state index in [-0.39, 0.29) is 11.9 Å². The zero-order valence-corrected chi connectivity index (χ0v) is 8.86. The normalized spacial score (nSPS) is 20.5. The number of aromatic amines is 1. The third-order valence-electron chi connectivity index (χ3n) is 2.70. The fraction of sp³-hybridized carbons (Fsp3) is 0.600. The van der Waals surface area contributed by atoms with Gasteiger partial charge in [-0.05, 0) is 25.5 Å². The van der Waals surface area contributed by atoms with Crippen molar-refractivity contribution in [3.8, 4) is 0 Å². The molecule has 1 atom stereocenters. The van der Waals surface area contributed by atoms with E-state index in [4.69, 9.17) is 0 Å². The number of hydrogen-bond acceptors (Lipinski definition) is 3. The molecule has 1 saturated heterocycles. The van der Waals surface area contributed by atoms with Gasteiger partial charge in [-0.2, -0.15) is 5.10 Å². The lowest BCUT2D eigenvalue weighted by Gasteiger charge is -2.20. The van der Waals surface area contributed by atoms with Gasteiger partial charge in [0.05, 0.1) is 18.3 Å². The van der Waals surface area contributed by atoms with Gasteiger partial charge in [0.1, 0.15) is 0 Å². The smallest absolute Gasteiger partial charge is 0.239 e. The van der Waals surface area contributed by atoms with E-state index < -0.39 is 0 Å². The average Bonchev–Trinajstić information content (AvgIpc) is 2.88. The van der Waals surface area contributed by atoms with E-state index in [9.17, 15) is 4.79 Å². The van der Waals surface area contributed by atoms with Crippen LogP contribution in [0.1, 0.15) is 18.5 Å². The third kappa shape index (κ3) is 2.36. The number of rotatable bonds is 3. The summed E-state index contributed by atoms with van der Waals surface area (Å²) in [6, 6.07) is 1.89. The molecule has 15 heavy (non-hydrogen) atoms. The van der Waals surface area contributed by atoms with E-state index >= 15 is 0 Å². The van der Waals surface area contributed by atoms with Crippen molar-refractivity contribution in [3.05, 3.63) is 18.0 Å². The van der Waals surface area contributed by atoms with Gasteiger partial charge in [0.15, 0.2) is 0 Å². The summed E-state index contributed by atoms with van der Waals surface area (Å²) in [5, 5.41) is 9.90. The molecule has 2 N–H and O–H groups in total. The topological polar surface area (TPSA) is 61.0 Å². The number of nitrogens with zero attached hydrogens (tertiary/aromatic N) is 2. The molecule has 0 radical (unpaired) electrons. The molecule has 1 unspecified atom stereocenters. The van der Waals surface area contributed by atoms with Gasteiger partial charge in [0.25, 0.3) is 0 Å². The highest BCUT2D eigenvalue weighted by atomic mass is 16.2. The second-order valence-electron chi connectivity index (χ2n) is 3.93. The zero-order chi connectivity index (χ0) is 10.7.